The summed E-state index contributed by atoms with van der Waals surface area (Å²) in [5, 5.41) is 10.4. The lowest BCUT2D eigenvalue weighted by molar-refractivity contribution is -0.137. The second-order valence-electron chi connectivity index (χ2n) is 4.26. The third-order valence-electron chi connectivity index (χ3n) is 2.68. The van der Waals surface area contributed by atoms with E-state index in [2.05, 4.69) is 0 Å². The Kier molecular flexibility index (Phi) is 7.79. The van der Waals surface area contributed by atoms with Gasteiger partial charge in [0.1, 0.15) is 5.76 Å². The zero-order valence-corrected chi connectivity index (χ0v) is 14.9. The van der Waals surface area contributed by atoms with Crippen molar-refractivity contribution in [2.24, 2.45) is 0 Å². The Hall–Kier alpha value is -1.33. The van der Waals surface area contributed by atoms with Crippen LogP contribution in [0.1, 0.15) is 26.3 Å². The van der Waals surface area contributed by atoms with Gasteiger partial charge in [0.05, 0.1) is 19.8 Å². The Bertz CT molecular complexity index is 601. The predicted molar refractivity (Wildman–Crippen MR) is 88.5 cm³/mol. The summed E-state index contributed by atoms with van der Waals surface area (Å²) >= 11 is 5.80. The second kappa shape index (κ2) is 9.08. The molecule has 6 nitrogen and oxygen atoms in total. The van der Waals surface area contributed by atoms with Gasteiger partial charge in [0.25, 0.3) is 0 Å². The maximum absolute atomic E-state index is 12.9. The van der Waals surface area contributed by atoms with E-state index in [0.717, 1.165) is 0 Å². The molecule has 1 aromatic rings. The van der Waals surface area contributed by atoms with E-state index in [1.807, 2.05) is 0 Å². The Morgan fingerprint density at radius 3 is 2.04 bits per heavy atom. The SMILES string of the molecule is CCOC(=O)/C(=C(/O)c1ccc(Cl)cc1)P(=O)(OCC)OCC. The fourth-order valence-corrected chi connectivity index (χ4v) is 3.60. The van der Waals surface area contributed by atoms with E-state index >= 15 is 0 Å². The number of carbonyl (C=O) groups excluding carboxylic acids is 1. The van der Waals surface area contributed by atoms with Crippen molar-refractivity contribution in [2.45, 2.75) is 20.8 Å². The fraction of sp³-hybridized carbons (Fsp3) is 0.400. The van der Waals surface area contributed by atoms with Crippen LogP contribution in [0.3, 0.4) is 0 Å². The molecule has 0 aromatic heterocycles. The number of rotatable bonds is 8. The molecule has 1 rings (SSSR count). The molecule has 0 fully saturated rings. The van der Waals surface area contributed by atoms with Gasteiger partial charge >= 0.3 is 13.6 Å². The van der Waals surface area contributed by atoms with E-state index in [-0.39, 0.29) is 25.4 Å². The molecule has 0 atom stereocenters. The maximum atomic E-state index is 12.9. The molecule has 0 aliphatic carbocycles. The highest BCUT2D eigenvalue weighted by Gasteiger charge is 2.39. The predicted octanol–water partition coefficient (Wildman–Crippen LogP) is 4.40. The molecule has 128 valence electrons. The first-order valence-corrected chi connectivity index (χ1v) is 9.07. The summed E-state index contributed by atoms with van der Waals surface area (Å²) in [7, 11) is -4.03. The molecule has 8 heteroatoms. The Morgan fingerprint density at radius 1 is 1.09 bits per heavy atom. The minimum Gasteiger partial charge on any atom is -0.506 e. The normalized spacial score (nSPS) is 12.7. The van der Waals surface area contributed by atoms with Gasteiger partial charge in [0.2, 0.25) is 0 Å². The van der Waals surface area contributed by atoms with Gasteiger partial charge < -0.3 is 18.9 Å². The van der Waals surface area contributed by atoms with Crippen molar-refractivity contribution >= 4 is 30.9 Å². The summed E-state index contributed by atoms with van der Waals surface area (Å²) in [6.45, 7) is 4.93. The zero-order chi connectivity index (χ0) is 17.5. The molecule has 0 aliphatic rings. The van der Waals surface area contributed by atoms with E-state index < -0.39 is 24.6 Å². The highest BCUT2D eigenvalue weighted by Crippen LogP contribution is 2.58. The van der Waals surface area contributed by atoms with E-state index in [0.29, 0.717) is 5.02 Å². The highest BCUT2D eigenvalue weighted by atomic mass is 35.5. The number of aliphatic hydroxyl groups excluding tert-OH is 1. The zero-order valence-electron chi connectivity index (χ0n) is 13.2. The van der Waals surface area contributed by atoms with Crippen LogP contribution in [0, 0.1) is 0 Å². The van der Waals surface area contributed by atoms with Gasteiger partial charge in [-0.3, -0.25) is 4.57 Å². The number of hydrogen-bond acceptors (Lipinski definition) is 6. The average molecular weight is 363 g/mol. The monoisotopic (exact) mass is 362 g/mol. The topological polar surface area (TPSA) is 82.1 Å². The van der Waals surface area contributed by atoms with Gasteiger partial charge in [-0.25, -0.2) is 4.79 Å². The van der Waals surface area contributed by atoms with Crippen LogP contribution in [-0.4, -0.2) is 30.9 Å². The molecular weight excluding hydrogens is 343 g/mol. The molecule has 0 radical (unpaired) electrons. The number of aliphatic hydroxyl groups is 1. The molecule has 0 spiro atoms. The molecule has 0 aliphatic heterocycles. The largest absolute Gasteiger partial charge is 0.506 e. The van der Waals surface area contributed by atoms with E-state index in [4.69, 9.17) is 25.4 Å². The van der Waals surface area contributed by atoms with Crippen LogP contribution in [0.15, 0.2) is 29.6 Å². The minimum absolute atomic E-state index is 0.0358. The third kappa shape index (κ3) is 5.08. The number of esters is 1. The van der Waals surface area contributed by atoms with Crippen LogP contribution in [-0.2, 0) is 23.1 Å². The molecule has 1 aromatic carbocycles. The molecule has 0 heterocycles. The summed E-state index contributed by atoms with van der Waals surface area (Å²) in [5.74, 6) is -1.48. The Labute approximate surface area is 140 Å². The molecule has 0 unspecified atom stereocenters. The average Bonchev–Trinajstić information content (AvgIpc) is 2.48. The Balaban J connectivity index is 3.49. The highest BCUT2D eigenvalue weighted by molar-refractivity contribution is 7.60. The van der Waals surface area contributed by atoms with Crippen molar-refractivity contribution < 1.29 is 28.3 Å². The van der Waals surface area contributed by atoms with Gasteiger partial charge in [-0.1, -0.05) is 11.6 Å². The first-order valence-electron chi connectivity index (χ1n) is 7.15. The molecule has 0 saturated heterocycles. The maximum Gasteiger partial charge on any atom is 0.372 e. The first kappa shape index (κ1) is 19.7. The molecule has 1 N–H and O–H groups in total. The lowest BCUT2D eigenvalue weighted by Crippen LogP contribution is -2.13. The van der Waals surface area contributed by atoms with E-state index in [9.17, 15) is 14.5 Å². The number of ether oxygens (including phenoxy) is 1. The fourth-order valence-electron chi connectivity index (χ4n) is 1.79. The smallest absolute Gasteiger partial charge is 0.372 e. The lowest BCUT2D eigenvalue weighted by atomic mass is 10.2. The van der Waals surface area contributed by atoms with E-state index in [1.54, 1.807) is 20.8 Å². The summed E-state index contributed by atoms with van der Waals surface area (Å²) in [6.07, 6.45) is 0. The summed E-state index contributed by atoms with van der Waals surface area (Å²) in [4.78, 5) is 12.2. The third-order valence-corrected chi connectivity index (χ3v) is 5.07. The van der Waals surface area contributed by atoms with Crippen LogP contribution in [0.4, 0.5) is 0 Å². The number of halogens is 1. The lowest BCUT2D eigenvalue weighted by Gasteiger charge is -2.20. The van der Waals surface area contributed by atoms with Crippen molar-refractivity contribution in [2.75, 3.05) is 19.8 Å². The van der Waals surface area contributed by atoms with Crippen molar-refractivity contribution in [1.82, 2.24) is 0 Å². The Morgan fingerprint density at radius 2 is 1.61 bits per heavy atom. The molecular formula is C15H20ClO6P. The van der Waals surface area contributed by atoms with Crippen molar-refractivity contribution in [3.63, 3.8) is 0 Å². The van der Waals surface area contributed by atoms with Gasteiger partial charge in [0, 0.05) is 10.6 Å². The van der Waals surface area contributed by atoms with Crippen LogP contribution < -0.4 is 0 Å². The van der Waals surface area contributed by atoms with Gasteiger partial charge in [-0.15, -0.1) is 0 Å². The quantitative estimate of drug-likeness (QED) is 0.319. The van der Waals surface area contributed by atoms with Gasteiger partial charge in [0.15, 0.2) is 5.31 Å². The molecule has 0 amide bonds. The van der Waals surface area contributed by atoms with Crippen LogP contribution in [0.5, 0.6) is 0 Å². The minimum atomic E-state index is -4.03. The summed E-state index contributed by atoms with van der Waals surface area (Å²) in [6, 6.07) is 6.03. The van der Waals surface area contributed by atoms with Crippen LogP contribution >= 0.6 is 19.2 Å². The standard InChI is InChI=1S/C15H20ClO6P/c1-4-20-15(18)14(23(19,21-5-2)22-6-3)13(17)11-7-9-12(16)10-8-11/h7-10,17H,4-6H2,1-3H3/b14-13-. The molecule has 0 bridgehead atoms. The first-order chi connectivity index (χ1) is 10.9. The van der Waals surface area contributed by atoms with Gasteiger partial charge in [-0.05, 0) is 45.0 Å². The van der Waals surface area contributed by atoms with Gasteiger partial charge in [-0.2, -0.15) is 0 Å². The van der Waals surface area contributed by atoms with Crippen LogP contribution in [0.25, 0.3) is 5.76 Å². The number of hydrogen-bond donors (Lipinski definition) is 1. The number of carbonyl (C=O) groups is 1. The number of benzene rings is 1. The van der Waals surface area contributed by atoms with Crippen LogP contribution in [0.2, 0.25) is 5.02 Å². The van der Waals surface area contributed by atoms with Crippen molar-refractivity contribution in [3.05, 3.63) is 40.2 Å². The van der Waals surface area contributed by atoms with E-state index in [1.165, 1.54) is 24.3 Å². The molecule has 23 heavy (non-hydrogen) atoms. The summed E-state index contributed by atoms with van der Waals surface area (Å²) in [5.41, 5.74) is 0.247. The van der Waals surface area contributed by atoms with Crippen molar-refractivity contribution in [3.8, 4) is 0 Å². The molecule has 0 saturated carbocycles. The van der Waals surface area contributed by atoms with Crippen molar-refractivity contribution in [1.29, 1.82) is 0 Å². The summed E-state index contributed by atoms with van der Waals surface area (Å²) < 4.78 is 28.1. The second-order valence-corrected chi connectivity index (χ2v) is 6.65.